The summed E-state index contributed by atoms with van der Waals surface area (Å²) in [6, 6.07) is 5.21. The van der Waals surface area contributed by atoms with Crippen molar-refractivity contribution in [2.45, 2.75) is 50.4 Å². The normalized spacial score (nSPS) is 22.1. The monoisotopic (exact) mass is 717 g/mol. The number of hydrogen-bond acceptors (Lipinski definition) is 9. The average molecular weight is 718 g/mol. The van der Waals surface area contributed by atoms with Crippen LogP contribution in [0.5, 0.6) is 5.75 Å². The summed E-state index contributed by atoms with van der Waals surface area (Å²) < 4.78 is 70.1. The molecule has 0 aliphatic carbocycles. The number of carbonyl (C=O) groups is 2. The molecule has 7 rings (SSSR count). The lowest BCUT2D eigenvalue weighted by atomic mass is 9.83. The Morgan fingerprint density at radius 3 is 2.72 bits per heavy atom. The number of fused-ring (bicyclic) bond motifs is 3. The highest BCUT2D eigenvalue weighted by molar-refractivity contribution is 6.33. The minimum absolute atomic E-state index is 0.0500. The molecule has 2 N–H and O–H groups in total. The van der Waals surface area contributed by atoms with Gasteiger partial charge in [0.15, 0.2) is 17.7 Å². The van der Waals surface area contributed by atoms with Gasteiger partial charge < -0.3 is 29.4 Å². The summed E-state index contributed by atoms with van der Waals surface area (Å²) in [6.07, 6.45) is -4.17. The highest BCUT2D eigenvalue weighted by atomic mass is 35.5. The van der Waals surface area contributed by atoms with Crippen molar-refractivity contribution in [1.29, 1.82) is 0 Å². The number of likely N-dealkylation sites (tertiary alicyclic amines) is 1. The molecule has 6 heterocycles. The van der Waals surface area contributed by atoms with Gasteiger partial charge in [-0.1, -0.05) is 17.7 Å². The number of aromatic hydroxyl groups is 1. The molecule has 1 saturated heterocycles. The van der Waals surface area contributed by atoms with Crippen LogP contribution in [0.15, 0.2) is 47.4 Å². The Kier molecular flexibility index (Phi) is 8.39. The second-order valence-corrected chi connectivity index (χ2v) is 12.5. The lowest BCUT2D eigenvalue weighted by molar-refractivity contribution is -0.143. The highest BCUT2D eigenvalue weighted by Gasteiger charge is 2.56. The number of halogens is 5. The Morgan fingerprint density at radius 2 is 2.04 bits per heavy atom. The number of ether oxygens (including phenoxy) is 2. The molecule has 13 nitrogen and oxygen atoms in total. The van der Waals surface area contributed by atoms with E-state index in [2.05, 4.69) is 20.4 Å². The van der Waals surface area contributed by atoms with E-state index in [9.17, 15) is 32.7 Å². The lowest BCUT2D eigenvalue weighted by Crippen LogP contribution is -2.55. The molecule has 50 heavy (non-hydrogen) atoms. The van der Waals surface area contributed by atoms with Crippen LogP contribution < -0.4 is 10.9 Å². The number of hydrogen-bond donors (Lipinski definition) is 2. The number of amides is 2. The van der Waals surface area contributed by atoms with E-state index in [0.717, 1.165) is 16.6 Å². The molecule has 262 valence electrons. The first kappa shape index (κ1) is 33.6. The number of piperidine rings is 1. The van der Waals surface area contributed by atoms with Gasteiger partial charge in [-0.25, -0.2) is 9.37 Å². The van der Waals surface area contributed by atoms with Crippen LogP contribution in [0.4, 0.5) is 23.2 Å². The maximum atomic E-state index is 16.5. The minimum atomic E-state index is -4.65. The third kappa shape index (κ3) is 5.68. The molecule has 1 spiro atoms. The molecule has 0 radical (unpaired) electrons. The van der Waals surface area contributed by atoms with E-state index >= 15 is 4.39 Å². The first-order chi connectivity index (χ1) is 23.8. The third-order valence-corrected chi connectivity index (χ3v) is 9.33. The quantitative estimate of drug-likeness (QED) is 0.288. The zero-order chi connectivity index (χ0) is 35.5. The molecule has 18 heteroatoms. The molecule has 2 amide bonds. The number of benzene rings is 1. The molecular weight excluding hydrogens is 690 g/mol. The van der Waals surface area contributed by atoms with Crippen molar-refractivity contribution in [3.8, 4) is 5.75 Å². The standard InChI is InChI=1S/C32H28ClF4N7O6/c1-16-26-24(31(50-16)8-10-42(14-22(31)34)29(48)25-21(45)3-2-9-38-25)28(47)44-30(40-27(41-44)17-6-11-49-12-7-17)43(26)15-23(46)39-20-5-4-18(13-19(20)33)32(35,36)37/h2-6,9,13,16,22,45H,7-8,10-12,14-15H2,1H3,(H,39,46)/t16-,22+,31+/m1/s1. The van der Waals surface area contributed by atoms with Gasteiger partial charge in [-0.15, -0.1) is 5.10 Å². The predicted molar refractivity (Wildman–Crippen MR) is 168 cm³/mol. The van der Waals surface area contributed by atoms with Crippen molar-refractivity contribution in [3.05, 3.63) is 86.3 Å². The van der Waals surface area contributed by atoms with Gasteiger partial charge in [-0.3, -0.25) is 14.4 Å². The SMILES string of the molecule is C[C@H]1O[C@]2(CCN(C(=O)c3ncccc3O)C[C@@H]2F)c2c1n(CC(=O)Nc1ccc(C(F)(F)F)cc1Cl)c1nc(C3=CCOCC3)nn1c2=O. The van der Waals surface area contributed by atoms with Gasteiger partial charge in [0.05, 0.1) is 53.4 Å². The first-order valence-electron chi connectivity index (χ1n) is 15.5. The van der Waals surface area contributed by atoms with Crippen LogP contribution in [0, 0.1) is 0 Å². The summed E-state index contributed by atoms with van der Waals surface area (Å²) in [5, 5.41) is 16.7. The topological polar surface area (TPSA) is 153 Å². The molecule has 4 aromatic rings. The van der Waals surface area contributed by atoms with Gasteiger partial charge in [-0.2, -0.15) is 22.7 Å². The van der Waals surface area contributed by atoms with E-state index in [1.807, 2.05) is 0 Å². The van der Waals surface area contributed by atoms with Crippen LogP contribution in [0.2, 0.25) is 5.02 Å². The zero-order valence-corrected chi connectivity index (χ0v) is 27.0. The van der Waals surface area contributed by atoms with Crippen molar-refractivity contribution in [2.24, 2.45) is 0 Å². The summed E-state index contributed by atoms with van der Waals surface area (Å²) in [5.41, 5.74) is -3.16. The van der Waals surface area contributed by atoms with Crippen molar-refractivity contribution in [2.75, 3.05) is 31.6 Å². The van der Waals surface area contributed by atoms with Crippen LogP contribution in [-0.2, 0) is 32.6 Å². The van der Waals surface area contributed by atoms with Crippen molar-refractivity contribution in [1.82, 2.24) is 29.0 Å². The number of anilines is 1. The van der Waals surface area contributed by atoms with E-state index in [-0.39, 0.29) is 58.0 Å². The van der Waals surface area contributed by atoms with E-state index in [0.29, 0.717) is 31.3 Å². The van der Waals surface area contributed by atoms with Crippen molar-refractivity contribution in [3.63, 3.8) is 0 Å². The molecular formula is C32H28ClF4N7O6. The van der Waals surface area contributed by atoms with E-state index in [4.69, 9.17) is 21.1 Å². The first-order valence-corrected chi connectivity index (χ1v) is 15.9. The Bertz CT molecular complexity index is 2140. The number of rotatable bonds is 5. The third-order valence-electron chi connectivity index (χ3n) is 9.02. The Labute approximate surface area is 285 Å². The zero-order valence-electron chi connectivity index (χ0n) is 26.2. The molecule has 0 bridgehead atoms. The van der Waals surface area contributed by atoms with Crippen LogP contribution in [0.3, 0.4) is 0 Å². The van der Waals surface area contributed by atoms with Crippen LogP contribution in [0.25, 0.3) is 11.4 Å². The summed E-state index contributed by atoms with van der Waals surface area (Å²) in [6.45, 7) is 1.17. The maximum Gasteiger partial charge on any atom is 0.416 e. The number of nitrogens with zero attached hydrogens (tertiary/aromatic N) is 6. The van der Waals surface area contributed by atoms with Gasteiger partial charge in [0.25, 0.3) is 11.5 Å². The van der Waals surface area contributed by atoms with Gasteiger partial charge >= 0.3 is 6.18 Å². The molecule has 0 saturated carbocycles. The summed E-state index contributed by atoms with van der Waals surface area (Å²) in [5.74, 6) is -1.67. The molecule has 3 aromatic heterocycles. The molecule has 1 fully saturated rings. The number of pyridine rings is 1. The fourth-order valence-electron chi connectivity index (χ4n) is 6.67. The molecule has 3 aliphatic heterocycles. The fourth-order valence-corrected chi connectivity index (χ4v) is 6.90. The molecule has 1 aromatic carbocycles. The Morgan fingerprint density at radius 1 is 1.24 bits per heavy atom. The van der Waals surface area contributed by atoms with Crippen LogP contribution >= 0.6 is 11.6 Å². The van der Waals surface area contributed by atoms with Crippen LogP contribution in [-0.4, -0.2) is 78.4 Å². The van der Waals surface area contributed by atoms with E-state index < -0.39 is 60.1 Å². The highest BCUT2D eigenvalue weighted by Crippen LogP contribution is 2.49. The number of nitrogens with one attached hydrogen (secondary N) is 1. The van der Waals surface area contributed by atoms with E-state index in [1.54, 1.807) is 13.0 Å². The number of aromatic nitrogens is 5. The van der Waals surface area contributed by atoms with Crippen LogP contribution in [0.1, 0.15) is 59.0 Å². The summed E-state index contributed by atoms with van der Waals surface area (Å²) >= 11 is 6.09. The predicted octanol–water partition coefficient (Wildman–Crippen LogP) is 4.28. The van der Waals surface area contributed by atoms with Gasteiger partial charge in [0.1, 0.15) is 17.9 Å². The fraction of sp³-hybridized carbons (Fsp3) is 0.375. The summed E-state index contributed by atoms with van der Waals surface area (Å²) in [7, 11) is 0. The number of carbonyl (C=O) groups excluding carboxylic acids is 2. The molecule has 0 unspecified atom stereocenters. The van der Waals surface area contributed by atoms with Crippen molar-refractivity contribution < 1.29 is 41.7 Å². The minimum Gasteiger partial charge on any atom is -0.505 e. The second-order valence-electron chi connectivity index (χ2n) is 12.1. The Hall–Kier alpha value is -4.87. The largest absolute Gasteiger partial charge is 0.505 e. The van der Waals surface area contributed by atoms with Gasteiger partial charge in [0.2, 0.25) is 11.7 Å². The van der Waals surface area contributed by atoms with E-state index in [1.165, 1.54) is 27.8 Å². The van der Waals surface area contributed by atoms with Gasteiger partial charge in [0, 0.05) is 19.2 Å². The Balaban J connectivity index is 1.29. The number of alkyl halides is 4. The summed E-state index contributed by atoms with van der Waals surface area (Å²) in [4.78, 5) is 50.6. The molecule has 3 aliphatic rings. The maximum absolute atomic E-state index is 16.5. The second kappa shape index (κ2) is 12.5. The molecule has 3 atom stereocenters. The average Bonchev–Trinajstić information content (AvgIpc) is 3.66. The smallest absolute Gasteiger partial charge is 0.416 e. The van der Waals surface area contributed by atoms with Crippen molar-refractivity contribution >= 4 is 40.5 Å². The van der Waals surface area contributed by atoms with Gasteiger partial charge in [-0.05, 0) is 49.2 Å². The lowest BCUT2D eigenvalue weighted by Gasteiger charge is -2.41.